The summed E-state index contributed by atoms with van der Waals surface area (Å²) >= 11 is 0. The van der Waals surface area contributed by atoms with Gasteiger partial charge in [0.1, 0.15) is 17.4 Å². The molecule has 7 nitrogen and oxygen atoms in total. The molecule has 0 aliphatic heterocycles. The van der Waals surface area contributed by atoms with Gasteiger partial charge in [-0.05, 0) is 47.9 Å². The molecule has 6 aromatic rings. The molecule has 216 valence electrons. The summed E-state index contributed by atoms with van der Waals surface area (Å²) < 4.78 is 28.7. The Kier molecular flexibility index (Phi) is 7.38. The highest BCUT2D eigenvalue weighted by atomic mass is 19.1. The number of para-hydroxylation sites is 2. The molecule has 6 rings (SSSR count). The zero-order valence-electron chi connectivity index (χ0n) is 23.2. The number of benzene rings is 4. The Hall–Kier alpha value is -5.44. The van der Waals surface area contributed by atoms with Crippen molar-refractivity contribution >= 4 is 33.5 Å². The number of aromatic hydroxyl groups is 1. The lowest BCUT2D eigenvalue weighted by molar-refractivity contribution is 0.252. The summed E-state index contributed by atoms with van der Waals surface area (Å²) in [6.45, 7) is 0.182. The first-order valence-corrected chi connectivity index (χ1v) is 13.8. The third-order valence-corrected chi connectivity index (χ3v) is 7.65. The Balaban J connectivity index is 1.42. The van der Waals surface area contributed by atoms with Crippen LogP contribution in [-0.4, -0.2) is 27.2 Å². The van der Waals surface area contributed by atoms with Crippen LogP contribution in [0.15, 0.2) is 102 Å². The molecule has 9 heteroatoms. The van der Waals surface area contributed by atoms with Crippen LogP contribution in [0.1, 0.15) is 28.3 Å². The van der Waals surface area contributed by atoms with Crippen LogP contribution in [0.25, 0.3) is 21.8 Å². The molecular weight excluding hydrogens is 550 g/mol. The molecule has 0 radical (unpaired) electrons. The number of aromatic nitrogens is 2. The molecule has 0 aliphatic carbocycles. The fourth-order valence-electron chi connectivity index (χ4n) is 5.73. The monoisotopic (exact) mass is 578 g/mol. The molecule has 2 aromatic heterocycles. The fraction of sp³-hybridized carbons (Fsp3) is 0.118. The van der Waals surface area contributed by atoms with Gasteiger partial charge in [0, 0.05) is 47.3 Å². The van der Waals surface area contributed by atoms with Crippen LogP contribution in [0.2, 0.25) is 0 Å². The average Bonchev–Trinajstić information content (AvgIpc) is 3.36. The smallest absolute Gasteiger partial charge is 0.319 e. The van der Waals surface area contributed by atoms with Gasteiger partial charge in [-0.2, -0.15) is 0 Å². The van der Waals surface area contributed by atoms with Gasteiger partial charge in [-0.3, -0.25) is 4.79 Å². The maximum atomic E-state index is 13.9. The molecule has 2 heterocycles. The summed E-state index contributed by atoms with van der Waals surface area (Å²) in [7, 11) is 1.69. The van der Waals surface area contributed by atoms with Crippen LogP contribution < -0.4 is 16.2 Å². The molecule has 1 atom stereocenters. The number of pyridine rings is 1. The maximum absolute atomic E-state index is 13.9. The number of H-pyrrole nitrogens is 1. The molecular formula is C34H28F2N4O3. The lowest BCUT2D eigenvalue weighted by atomic mass is 9.85. The predicted octanol–water partition coefficient (Wildman–Crippen LogP) is 6.55. The number of rotatable bonds is 7. The standard InChI is InChI=1S/C34H28F2N4O3/c1-40-28-14-8-6-12-26(28)32(41)30(33(40)42)29(20-9-3-2-4-10-20)31-25(24-11-5-7-13-27(24)39-31)15-16-37-34(43)38-23-18-21(35)17-22(36)19-23/h2-14,17-19,29,39,41H,15-16H2,1H3,(H2,37,38,43). The van der Waals surface area contributed by atoms with Gasteiger partial charge in [-0.15, -0.1) is 0 Å². The van der Waals surface area contributed by atoms with Gasteiger partial charge in [0.2, 0.25) is 0 Å². The first-order chi connectivity index (χ1) is 20.8. The molecule has 0 saturated carbocycles. The number of nitrogens with zero attached hydrogens (tertiary/aromatic N) is 1. The molecule has 43 heavy (non-hydrogen) atoms. The lowest BCUT2D eigenvalue weighted by Gasteiger charge is -2.22. The Labute approximate surface area is 245 Å². The third-order valence-electron chi connectivity index (χ3n) is 7.65. The van der Waals surface area contributed by atoms with E-state index in [1.807, 2.05) is 66.7 Å². The fourth-order valence-corrected chi connectivity index (χ4v) is 5.73. The zero-order valence-corrected chi connectivity index (χ0v) is 23.2. The largest absolute Gasteiger partial charge is 0.507 e. The minimum absolute atomic E-state index is 0.00505. The van der Waals surface area contributed by atoms with E-state index in [0.29, 0.717) is 23.0 Å². The molecule has 0 bridgehead atoms. The normalized spacial score (nSPS) is 12.0. The topological polar surface area (TPSA) is 99.2 Å². The van der Waals surface area contributed by atoms with Crippen LogP contribution >= 0.6 is 0 Å². The number of amides is 2. The van der Waals surface area contributed by atoms with Crippen LogP contribution in [0.4, 0.5) is 19.3 Å². The number of aromatic amines is 1. The van der Waals surface area contributed by atoms with Crippen molar-refractivity contribution in [2.75, 3.05) is 11.9 Å². The highest BCUT2D eigenvalue weighted by Crippen LogP contribution is 2.40. The van der Waals surface area contributed by atoms with E-state index in [1.165, 1.54) is 0 Å². The van der Waals surface area contributed by atoms with Gasteiger partial charge < -0.3 is 25.3 Å². The van der Waals surface area contributed by atoms with Crippen molar-refractivity contribution < 1.29 is 18.7 Å². The minimum atomic E-state index is -0.797. The van der Waals surface area contributed by atoms with Crippen LogP contribution in [-0.2, 0) is 13.5 Å². The van der Waals surface area contributed by atoms with Gasteiger partial charge in [-0.1, -0.05) is 60.7 Å². The number of fused-ring (bicyclic) bond motifs is 2. The number of carbonyl (C=O) groups is 1. The van der Waals surface area contributed by atoms with Gasteiger partial charge >= 0.3 is 6.03 Å². The number of halogens is 2. The number of hydrogen-bond acceptors (Lipinski definition) is 3. The number of nitrogens with one attached hydrogen (secondary N) is 3. The third kappa shape index (κ3) is 5.32. The SMILES string of the molecule is Cn1c(=O)c(C(c2ccccc2)c2[nH]c3ccccc3c2CCNC(=O)Nc2cc(F)cc(F)c2)c(O)c2ccccc21. The van der Waals surface area contributed by atoms with Crippen LogP contribution in [0.3, 0.4) is 0 Å². The van der Waals surface area contributed by atoms with Crippen molar-refractivity contribution in [1.82, 2.24) is 14.9 Å². The summed E-state index contributed by atoms with van der Waals surface area (Å²) in [5.41, 5.74) is 3.73. The molecule has 0 saturated heterocycles. The number of carbonyl (C=O) groups excluding carboxylic acids is 1. The first kappa shape index (κ1) is 27.7. The number of aryl methyl sites for hydroxylation is 1. The molecule has 1 unspecified atom stereocenters. The van der Waals surface area contributed by atoms with Crippen molar-refractivity contribution in [2.45, 2.75) is 12.3 Å². The van der Waals surface area contributed by atoms with Crippen molar-refractivity contribution in [3.05, 3.63) is 141 Å². The maximum Gasteiger partial charge on any atom is 0.319 e. The molecule has 2 amide bonds. The summed E-state index contributed by atoms with van der Waals surface area (Å²) in [5.74, 6) is -2.34. The van der Waals surface area contributed by atoms with E-state index in [-0.39, 0.29) is 29.1 Å². The second kappa shape index (κ2) is 11.4. The minimum Gasteiger partial charge on any atom is -0.507 e. The van der Waals surface area contributed by atoms with E-state index in [9.17, 15) is 23.5 Å². The van der Waals surface area contributed by atoms with Gasteiger partial charge in [-0.25, -0.2) is 13.6 Å². The van der Waals surface area contributed by atoms with Crippen molar-refractivity contribution in [3.63, 3.8) is 0 Å². The Morgan fingerprint density at radius 3 is 2.30 bits per heavy atom. The highest BCUT2D eigenvalue weighted by Gasteiger charge is 2.30. The van der Waals surface area contributed by atoms with E-state index in [4.69, 9.17) is 0 Å². The van der Waals surface area contributed by atoms with Gasteiger partial charge in [0.25, 0.3) is 5.56 Å². The van der Waals surface area contributed by atoms with Crippen LogP contribution in [0, 0.1) is 11.6 Å². The van der Waals surface area contributed by atoms with Crippen molar-refractivity contribution in [2.24, 2.45) is 7.05 Å². The molecule has 4 N–H and O–H groups in total. The van der Waals surface area contributed by atoms with Gasteiger partial charge in [0.05, 0.1) is 17.0 Å². The Bertz CT molecular complexity index is 2020. The van der Waals surface area contributed by atoms with Gasteiger partial charge in [0.15, 0.2) is 0 Å². The number of anilines is 1. The average molecular weight is 579 g/mol. The van der Waals surface area contributed by atoms with Crippen molar-refractivity contribution in [3.8, 4) is 5.75 Å². The Morgan fingerprint density at radius 1 is 0.907 bits per heavy atom. The molecule has 0 fully saturated rings. The summed E-state index contributed by atoms with van der Waals surface area (Å²) in [6.07, 6.45) is 0.363. The van der Waals surface area contributed by atoms with E-state index in [0.717, 1.165) is 40.2 Å². The molecule has 0 spiro atoms. The van der Waals surface area contributed by atoms with E-state index in [2.05, 4.69) is 15.6 Å². The van der Waals surface area contributed by atoms with Crippen LogP contribution in [0.5, 0.6) is 5.75 Å². The second-order valence-corrected chi connectivity index (χ2v) is 10.3. The van der Waals surface area contributed by atoms with E-state index >= 15 is 0 Å². The molecule has 0 aliphatic rings. The highest BCUT2D eigenvalue weighted by molar-refractivity contribution is 5.90. The second-order valence-electron chi connectivity index (χ2n) is 10.3. The summed E-state index contributed by atoms with van der Waals surface area (Å²) in [5, 5.41) is 18.3. The first-order valence-electron chi connectivity index (χ1n) is 13.8. The molecule has 4 aromatic carbocycles. The predicted molar refractivity (Wildman–Crippen MR) is 164 cm³/mol. The number of urea groups is 1. The lowest BCUT2D eigenvalue weighted by Crippen LogP contribution is -2.31. The summed E-state index contributed by atoms with van der Waals surface area (Å²) in [6, 6.07) is 26.6. The van der Waals surface area contributed by atoms with E-state index < -0.39 is 23.6 Å². The number of hydrogen-bond donors (Lipinski definition) is 4. The van der Waals surface area contributed by atoms with Crippen molar-refractivity contribution in [1.29, 1.82) is 0 Å². The Morgan fingerprint density at radius 2 is 1.56 bits per heavy atom. The van der Waals surface area contributed by atoms with E-state index in [1.54, 1.807) is 23.7 Å². The zero-order chi connectivity index (χ0) is 30.1. The quantitative estimate of drug-likeness (QED) is 0.173. The summed E-state index contributed by atoms with van der Waals surface area (Å²) in [4.78, 5) is 30.0.